The molecule has 0 aliphatic rings. The van der Waals surface area contributed by atoms with Gasteiger partial charge in [-0.05, 0) is 55.3 Å². The van der Waals surface area contributed by atoms with Crippen molar-refractivity contribution in [1.82, 2.24) is 4.98 Å². The topological polar surface area (TPSA) is 65.8 Å². The molecule has 1 heterocycles. The number of hydrogen-bond donors (Lipinski definition) is 1. The van der Waals surface area contributed by atoms with Crippen LogP contribution in [0.5, 0.6) is 0 Å². The Labute approximate surface area is 132 Å². The SMILES string of the molecule is Cc1ccc2sc(NC(=O)c3ccc(C#N)cc3)nc2c1C. The van der Waals surface area contributed by atoms with Gasteiger partial charge in [-0.3, -0.25) is 10.1 Å². The van der Waals surface area contributed by atoms with E-state index in [0.717, 1.165) is 15.8 Å². The molecule has 1 aromatic heterocycles. The molecule has 108 valence electrons. The molecule has 0 aliphatic heterocycles. The van der Waals surface area contributed by atoms with E-state index in [1.807, 2.05) is 26.0 Å². The number of anilines is 1. The molecule has 2 aromatic carbocycles. The Morgan fingerprint density at radius 3 is 2.59 bits per heavy atom. The van der Waals surface area contributed by atoms with E-state index in [-0.39, 0.29) is 5.91 Å². The van der Waals surface area contributed by atoms with Crippen molar-refractivity contribution in [2.24, 2.45) is 0 Å². The highest BCUT2D eigenvalue weighted by molar-refractivity contribution is 7.22. The van der Waals surface area contributed by atoms with Crippen LogP contribution in [0.3, 0.4) is 0 Å². The van der Waals surface area contributed by atoms with Crippen LogP contribution in [0.2, 0.25) is 0 Å². The first-order valence-corrected chi connectivity index (χ1v) is 7.58. The number of hydrogen-bond acceptors (Lipinski definition) is 4. The number of thiazole rings is 1. The molecular weight excluding hydrogens is 294 g/mol. The zero-order valence-electron chi connectivity index (χ0n) is 12.2. The lowest BCUT2D eigenvalue weighted by atomic mass is 10.1. The molecule has 0 radical (unpaired) electrons. The van der Waals surface area contributed by atoms with E-state index in [1.165, 1.54) is 16.9 Å². The van der Waals surface area contributed by atoms with Crippen molar-refractivity contribution in [3.63, 3.8) is 0 Å². The number of rotatable bonds is 2. The lowest BCUT2D eigenvalue weighted by Crippen LogP contribution is -2.11. The second-order valence-electron chi connectivity index (χ2n) is 5.02. The largest absolute Gasteiger partial charge is 0.298 e. The summed E-state index contributed by atoms with van der Waals surface area (Å²) in [6.45, 7) is 4.08. The lowest BCUT2D eigenvalue weighted by Gasteiger charge is -2.01. The van der Waals surface area contributed by atoms with Crippen molar-refractivity contribution in [3.05, 3.63) is 58.7 Å². The Balaban J connectivity index is 1.87. The van der Waals surface area contributed by atoms with Crippen molar-refractivity contribution >= 4 is 32.6 Å². The summed E-state index contributed by atoms with van der Waals surface area (Å²) in [7, 11) is 0. The first kappa shape index (κ1) is 14.2. The molecular formula is C17H13N3OS. The molecule has 3 aromatic rings. The van der Waals surface area contributed by atoms with Gasteiger partial charge in [0.1, 0.15) is 0 Å². The molecule has 5 heteroatoms. The number of nitrogens with zero attached hydrogens (tertiary/aromatic N) is 2. The minimum Gasteiger partial charge on any atom is -0.298 e. The predicted octanol–water partition coefficient (Wildman–Crippen LogP) is 4.04. The number of carbonyl (C=O) groups is 1. The minimum absolute atomic E-state index is 0.224. The molecule has 4 nitrogen and oxygen atoms in total. The Hall–Kier alpha value is -2.71. The number of aromatic nitrogens is 1. The van der Waals surface area contributed by atoms with Gasteiger partial charge in [0.05, 0.1) is 21.8 Å². The normalized spacial score (nSPS) is 10.4. The number of amides is 1. The smallest absolute Gasteiger partial charge is 0.257 e. The van der Waals surface area contributed by atoms with E-state index in [2.05, 4.69) is 16.4 Å². The third-order valence-corrected chi connectivity index (χ3v) is 4.52. The molecule has 22 heavy (non-hydrogen) atoms. The third-order valence-electron chi connectivity index (χ3n) is 3.58. The van der Waals surface area contributed by atoms with Gasteiger partial charge in [0.15, 0.2) is 5.13 Å². The van der Waals surface area contributed by atoms with Gasteiger partial charge in [-0.25, -0.2) is 4.98 Å². The van der Waals surface area contributed by atoms with Gasteiger partial charge < -0.3 is 0 Å². The molecule has 0 saturated heterocycles. The molecule has 0 fully saturated rings. The van der Waals surface area contributed by atoms with Gasteiger partial charge in [0.25, 0.3) is 5.91 Å². The molecule has 0 saturated carbocycles. The number of benzene rings is 2. The van der Waals surface area contributed by atoms with Crippen molar-refractivity contribution in [2.45, 2.75) is 13.8 Å². The van der Waals surface area contributed by atoms with Crippen LogP contribution in [0.25, 0.3) is 10.2 Å². The second-order valence-corrected chi connectivity index (χ2v) is 6.05. The monoisotopic (exact) mass is 307 g/mol. The first-order valence-electron chi connectivity index (χ1n) is 6.77. The highest BCUT2D eigenvalue weighted by Crippen LogP contribution is 2.29. The Morgan fingerprint density at radius 2 is 1.91 bits per heavy atom. The molecule has 3 rings (SSSR count). The number of nitriles is 1. The number of fused-ring (bicyclic) bond motifs is 1. The van der Waals surface area contributed by atoms with Crippen molar-refractivity contribution < 1.29 is 4.79 Å². The average Bonchev–Trinajstić information content (AvgIpc) is 2.94. The molecule has 0 unspecified atom stereocenters. The summed E-state index contributed by atoms with van der Waals surface area (Å²) < 4.78 is 1.05. The van der Waals surface area contributed by atoms with E-state index in [4.69, 9.17) is 5.26 Å². The molecule has 1 N–H and O–H groups in total. The zero-order valence-corrected chi connectivity index (χ0v) is 13.0. The Morgan fingerprint density at radius 1 is 1.18 bits per heavy atom. The fourth-order valence-electron chi connectivity index (χ4n) is 2.14. The zero-order chi connectivity index (χ0) is 15.7. The van der Waals surface area contributed by atoms with Crippen LogP contribution in [0.4, 0.5) is 5.13 Å². The second kappa shape index (κ2) is 5.58. The number of aryl methyl sites for hydroxylation is 2. The molecule has 0 atom stereocenters. The molecule has 0 aliphatic carbocycles. The standard InChI is InChI=1S/C17H13N3OS/c1-10-3-8-14-15(11(10)2)19-17(22-14)20-16(21)13-6-4-12(9-18)5-7-13/h3-8H,1-2H3,(H,19,20,21). The maximum Gasteiger partial charge on any atom is 0.257 e. The van der Waals surface area contributed by atoms with Gasteiger partial charge in [0, 0.05) is 5.56 Å². The van der Waals surface area contributed by atoms with Crippen LogP contribution >= 0.6 is 11.3 Å². The summed E-state index contributed by atoms with van der Waals surface area (Å²) in [6, 6.07) is 12.6. The molecule has 1 amide bonds. The van der Waals surface area contributed by atoms with E-state index in [1.54, 1.807) is 24.3 Å². The van der Waals surface area contributed by atoms with Crippen LogP contribution in [0, 0.1) is 25.2 Å². The van der Waals surface area contributed by atoms with Crippen molar-refractivity contribution in [2.75, 3.05) is 5.32 Å². The third kappa shape index (κ3) is 2.57. The van der Waals surface area contributed by atoms with E-state index in [0.29, 0.717) is 16.3 Å². The molecule has 0 bridgehead atoms. The predicted molar refractivity (Wildman–Crippen MR) is 88.2 cm³/mol. The van der Waals surface area contributed by atoms with Crippen LogP contribution in [0.15, 0.2) is 36.4 Å². The van der Waals surface area contributed by atoms with Crippen LogP contribution in [-0.2, 0) is 0 Å². The lowest BCUT2D eigenvalue weighted by molar-refractivity contribution is 0.102. The molecule has 0 spiro atoms. The summed E-state index contributed by atoms with van der Waals surface area (Å²) in [5, 5.41) is 12.2. The average molecular weight is 307 g/mol. The van der Waals surface area contributed by atoms with Gasteiger partial charge >= 0.3 is 0 Å². The van der Waals surface area contributed by atoms with E-state index >= 15 is 0 Å². The van der Waals surface area contributed by atoms with Crippen molar-refractivity contribution in [1.29, 1.82) is 5.26 Å². The van der Waals surface area contributed by atoms with Crippen LogP contribution < -0.4 is 5.32 Å². The quantitative estimate of drug-likeness (QED) is 0.777. The highest BCUT2D eigenvalue weighted by Gasteiger charge is 2.11. The number of carbonyl (C=O) groups excluding carboxylic acids is 1. The summed E-state index contributed by atoms with van der Waals surface area (Å²) in [5.74, 6) is -0.224. The van der Waals surface area contributed by atoms with Gasteiger partial charge in [-0.15, -0.1) is 0 Å². The summed E-state index contributed by atoms with van der Waals surface area (Å²) in [6.07, 6.45) is 0. The van der Waals surface area contributed by atoms with Crippen molar-refractivity contribution in [3.8, 4) is 6.07 Å². The fourth-order valence-corrected chi connectivity index (χ4v) is 3.07. The highest BCUT2D eigenvalue weighted by atomic mass is 32.1. The van der Waals surface area contributed by atoms with E-state index < -0.39 is 0 Å². The Bertz CT molecular complexity index is 904. The van der Waals surface area contributed by atoms with Gasteiger partial charge in [-0.1, -0.05) is 17.4 Å². The maximum atomic E-state index is 12.2. The minimum atomic E-state index is -0.224. The van der Waals surface area contributed by atoms with Gasteiger partial charge in [-0.2, -0.15) is 5.26 Å². The summed E-state index contributed by atoms with van der Waals surface area (Å²) in [4.78, 5) is 16.7. The van der Waals surface area contributed by atoms with Gasteiger partial charge in [0.2, 0.25) is 0 Å². The summed E-state index contributed by atoms with van der Waals surface area (Å²) >= 11 is 1.46. The van der Waals surface area contributed by atoms with Crippen LogP contribution in [0.1, 0.15) is 27.0 Å². The first-order chi connectivity index (χ1) is 10.6. The van der Waals surface area contributed by atoms with E-state index in [9.17, 15) is 4.79 Å². The number of nitrogens with one attached hydrogen (secondary N) is 1. The maximum absolute atomic E-state index is 12.2. The van der Waals surface area contributed by atoms with Crippen LogP contribution in [-0.4, -0.2) is 10.9 Å². The fraction of sp³-hybridized carbons (Fsp3) is 0.118. The Kier molecular flexibility index (Phi) is 3.61. The summed E-state index contributed by atoms with van der Waals surface area (Å²) in [5.41, 5.74) is 4.28.